The van der Waals surface area contributed by atoms with Crippen LogP contribution in [0.3, 0.4) is 0 Å². The molecule has 2 aliphatic rings. The van der Waals surface area contributed by atoms with Gasteiger partial charge in [0.05, 0.1) is 5.75 Å². The molecule has 1 heterocycles. The van der Waals surface area contributed by atoms with E-state index >= 15 is 0 Å². The van der Waals surface area contributed by atoms with Crippen molar-refractivity contribution in [3.8, 4) is 0 Å². The molecule has 0 bridgehead atoms. The lowest BCUT2D eigenvalue weighted by Crippen LogP contribution is -2.39. The molecule has 1 amide bonds. The van der Waals surface area contributed by atoms with Crippen molar-refractivity contribution in [1.29, 1.82) is 0 Å². The molecule has 3 rings (SSSR count). The first kappa shape index (κ1) is 16.2. The third-order valence-electron chi connectivity index (χ3n) is 4.54. The highest BCUT2D eigenvalue weighted by atomic mass is 32.2. The van der Waals surface area contributed by atoms with Crippen molar-refractivity contribution < 1.29 is 17.6 Å². The van der Waals surface area contributed by atoms with Crippen LogP contribution >= 0.6 is 0 Å². The SMILES string of the molecule is Cc1cc(F)ccc1CC1(NC(=O)CC2C=CS(=O)(=O)C2)CC1. The van der Waals surface area contributed by atoms with Crippen LogP contribution in [0.15, 0.2) is 29.7 Å². The van der Waals surface area contributed by atoms with Crippen molar-refractivity contribution in [2.45, 2.75) is 38.1 Å². The molecule has 0 spiro atoms. The average Bonchev–Trinajstić information content (AvgIpc) is 3.10. The van der Waals surface area contributed by atoms with Crippen molar-refractivity contribution in [2.24, 2.45) is 5.92 Å². The maximum Gasteiger partial charge on any atom is 0.221 e. The maximum atomic E-state index is 13.2. The number of hydrogen-bond donors (Lipinski definition) is 1. The minimum Gasteiger partial charge on any atom is -0.350 e. The maximum absolute atomic E-state index is 13.2. The molecule has 1 saturated carbocycles. The Hall–Kier alpha value is -1.69. The lowest BCUT2D eigenvalue weighted by Gasteiger charge is -2.19. The summed E-state index contributed by atoms with van der Waals surface area (Å²) in [6, 6.07) is 4.71. The molecule has 1 atom stereocenters. The second-order valence-corrected chi connectivity index (χ2v) is 8.63. The van der Waals surface area contributed by atoms with Crippen molar-refractivity contribution in [3.63, 3.8) is 0 Å². The molecule has 0 radical (unpaired) electrons. The number of carbonyl (C=O) groups is 1. The largest absolute Gasteiger partial charge is 0.350 e. The van der Waals surface area contributed by atoms with Crippen LogP contribution in [-0.2, 0) is 21.1 Å². The van der Waals surface area contributed by atoms with E-state index < -0.39 is 9.84 Å². The molecule has 1 fully saturated rings. The van der Waals surface area contributed by atoms with E-state index in [0.717, 1.165) is 24.0 Å². The molecule has 6 heteroatoms. The Labute approximate surface area is 135 Å². The second kappa shape index (κ2) is 5.74. The van der Waals surface area contributed by atoms with E-state index in [1.807, 2.05) is 6.92 Å². The van der Waals surface area contributed by atoms with Crippen LogP contribution in [0.2, 0.25) is 0 Å². The minimum atomic E-state index is -3.12. The van der Waals surface area contributed by atoms with Crippen LogP contribution < -0.4 is 5.32 Å². The Bertz CT molecular complexity index is 766. The molecule has 1 N–H and O–H groups in total. The first-order chi connectivity index (χ1) is 10.8. The smallest absolute Gasteiger partial charge is 0.221 e. The van der Waals surface area contributed by atoms with Gasteiger partial charge in [-0.3, -0.25) is 4.79 Å². The van der Waals surface area contributed by atoms with Crippen LogP contribution in [0.25, 0.3) is 0 Å². The quantitative estimate of drug-likeness (QED) is 0.896. The van der Waals surface area contributed by atoms with Gasteiger partial charge in [0.2, 0.25) is 5.91 Å². The molecule has 4 nitrogen and oxygen atoms in total. The zero-order valence-electron chi connectivity index (χ0n) is 13.0. The van der Waals surface area contributed by atoms with Gasteiger partial charge in [-0.1, -0.05) is 12.1 Å². The van der Waals surface area contributed by atoms with Crippen molar-refractivity contribution in [2.75, 3.05) is 5.75 Å². The number of sulfone groups is 1. The van der Waals surface area contributed by atoms with E-state index in [9.17, 15) is 17.6 Å². The summed E-state index contributed by atoms with van der Waals surface area (Å²) < 4.78 is 35.9. The monoisotopic (exact) mass is 337 g/mol. The number of rotatable bonds is 5. The zero-order chi connectivity index (χ0) is 16.7. The van der Waals surface area contributed by atoms with Gasteiger partial charge in [-0.15, -0.1) is 0 Å². The molecule has 23 heavy (non-hydrogen) atoms. The number of nitrogens with one attached hydrogen (secondary N) is 1. The van der Waals surface area contributed by atoms with Crippen LogP contribution in [0.1, 0.15) is 30.4 Å². The lowest BCUT2D eigenvalue weighted by molar-refractivity contribution is -0.122. The molecule has 0 saturated heterocycles. The van der Waals surface area contributed by atoms with Crippen LogP contribution in [0.5, 0.6) is 0 Å². The molecule has 1 aromatic carbocycles. The van der Waals surface area contributed by atoms with Gasteiger partial charge in [0.1, 0.15) is 5.82 Å². The summed E-state index contributed by atoms with van der Waals surface area (Å²) in [7, 11) is -3.12. The summed E-state index contributed by atoms with van der Waals surface area (Å²) >= 11 is 0. The van der Waals surface area contributed by atoms with Gasteiger partial charge in [0.25, 0.3) is 0 Å². The van der Waals surface area contributed by atoms with E-state index in [4.69, 9.17) is 0 Å². The predicted molar refractivity (Wildman–Crippen MR) is 86.0 cm³/mol. The van der Waals surface area contributed by atoms with E-state index in [1.54, 1.807) is 12.1 Å². The van der Waals surface area contributed by atoms with E-state index in [-0.39, 0.29) is 35.4 Å². The van der Waals surface area contributed by atoms with Gasteiger partial charge in [-0.2, -0.15) is 0 Å². The van der Waals surface area contributed by atoms with Gasteiger partial charge in [0, 0.05) is 23.3 Å². The predicted octanol–water partition coefficient (Wildman–Crippen LogP) is 2.27. The minimum absolute atomic E-state index is 0.0183. The summed E-state index contributed by atoms with van der Waals surface area (Å²) in [6.07, 6.45) is 4.27. The highest BCUT2D eigenvalue weighted by Gasteiger charge is 2.44. The number of allylic oxidation sites excluding steroid dienone is 1. The number of halogens is 1. The molecule has 1 aromatic rings. The zero-order valence-corrected chi connectivity index (χ0v) is 13.8. The van der Waals surface area contributed by atoms with Crippen LogP contribution in [0, 0.1) is 18.7 Å². The number of amides is 1. The Morgan fingerprint density at radius 1 is 1.39 bits per heavy atom. The first-order valence-electron chi connectivity index (χ1n) is 7.74. The van der Waals surface area contributed by atoms with E-state index in [1.165, 1.54) is 17.5 Å². The van der Waals surface area contributed by atoms with Crippen LogP contribution in [-0.4, -0.2) is 25.6 Å². The Morgan fingerprint density at radius 3 is 2.70 bits per heavy atom. The normalized spacial score (nSPS) is 23.7. The molecule has 1 aliphatic heterocycles. The van der Waals surface area contributed by atoms with E-state index in [2.05, 4.69) is 5.32 Å². The summed E-state index contributed by atoms with van der Waals surface area (Å²) in [5.74, 6) is -0.587. The van der Waals surface area contributed by atoms with E-state index in [0.29, 0.717) is 6.42 Å². The van der Waals surface area contributed by atoms with Crippen molar-refractivity contribution in [3.05, 3.63) is 46.6 Å². The second-order valence-electron chi connectivity index (χ2n) is 6.70. The Morgan fingerprint density at radius 2 is 2.13 bits per heavy atom. The average molecular weight is 337 g/mol. The third-order valence-corrected chi connectivity index (χ3v) is 6.01. The summed E-state index contributed by atoms with van der Waals surface area (Å²) in [6.45, 7) is 1.87. The number of aryl methyl sites for hydroxylation is 1. The molecule has 0 aromatic heterocycles. The van der Waals surface area contributed by atoms with Gasteiger partial charge < -0.3 is 5.32 Å². The number of carbonyl (C=O) groups excluding carboxylic acids is 1. The van der Waals surface area contributed by atoms with Crippen LogP contribution in [0.4, 0.5) is 4.39 Å². The number of hydrogen-bond acceptors (Lipinski definition) is 3. The number of benzene rings is 1. The molecular formula is C17H20FNO3S. The Balaban J connectivity index is 1.59. The molecule has 124 valence electrons. The van der Waals surface area contributed by atoms with Crippen molar-refractivity contribution in [1.82, 2.24) is 5.32 Å². The fraction of sp³-hybridized carbons (Fsp3) is 0.471. The molecule has 1 aliphatic carbocycles. The standard InChI is InChI=1S/C17H20FNO3S/c1-12-8-15(18)3-2-14(12)10-17(5-6-17)19-16(20)9-13-4-7-23(21,22)11-13/h2-4,7-8,13H,5-6,9-11H2,1H3,(H,19,20). The van der Waals surface area contributed by atoms with Gasteiger partial charge in [0.15, 0.2) is 9.84 Å². The van der Waals surface area contributed by atoms with Crippen molar-refractivity contribution >= 4 is 15.7 Å². The van der Waals surface area contributed by atoms with Gasteiger partial charge in [-0.25, -0.2) is 12.8 Å². The summed E-state index contributed by atoms with van der Waals surface area (Å²) in [4.78, 5) is 12.2. The Kier molecular flexibility index (Phi) is 4.04. The summed E-state index contributed by atoms with van der Waals surface area (Å²) in [5, 5.41) is 4.24. The molecular weight excluding hydrogens is 317 g/mol. The summed E-state index contributed by atoms with van der Waals surface area (Å²) in [5.41, 5.74) is 1.67. The highest BCUT2D eigenvalue weighted by molar-refractivity contribution is 7.94. The fourth-order valence-electron chi connectivity index (χ4n) is 3.07. The highest BCUT2D eigenvalue weighted by Crippen LogP contribution is 2.39. The first-order valence-corrected chi connectivity index (χ1v) is 9.46. The fourth-order valence-corrected chi connectivity index (χ4v) is 4.47. The van der Waals surface area contributed by atoms with Gasteiger partial charge in [-0.05, 0) is 49.4 Å². The lowest BCUT2D eigenvalue weighted by atomic mass is 9.99. The topological polar surface area (TPSA) is 63.2 Å². The third kappa shape index (κ3) is 3.99. The van der Waals surface area contributed by atoms with Gasteiger partial charge >= 0.3 is 0 Å². The molecule has 1 unspecified atom stereocenters.